The quantitative estimate of drug-likeness (QED) is 0.887. The molecule has 1 saturated heterocycles. The molecule has 1 aliphatic heterocycles. The number of piperidine rings is 1. The average molecular weight is 284 g/mol. The van der Waals surface area contributed by atoms with E-state index in [2.05, 4.69) is 4.72 Å². The van der Waals surface area contributed by atoms with Crippen molar-refractivity contribution in [2.24, 2.45) is 0 Å². The monoisotopic (exact) mass is 284 g/mol. The van der Waals surface area contributed by atoms with Gasteiger partial charge in [-0.05, 0) is 25.8 Å². The number of nitrogens with one attached hydrogen (secondary N) is 1. The molecule has 0 amide bonds. The van der Waals surface area contributed by atoms with Crippen LogP contribution in [0.15, 0.2) is 24.3 Å². The zero-order chi connectivity index (χ0) is 13.9. The molecule has 6 heteroatoms. The third-order valence-corrected chi connectivity index (χ3v) is 4.83. The van der Waals surface area contributed by atoms with E-state index in [1.165, 1.54) is 4.31 Å². The Kier molecular flexibility index (Phi) is 4.44. The standard InChI is InChI=1S/C13H20N2O3S/c1-11(16)12-7-3-4-8-13(12)14-19(17,18)15-9-5-2-6-10-15/h3-4,7-8,11,14,16H,2,5-6,9-10H2,1H3. The minimum absolute atomic E-state index is 0.447. The van der Waals surface area contributed by atoms with Crippen molar-refractivity contribution in [3.63, 3.8) is 0 Å². The fourth-order valence-corrected chi connectivity index (χ4v) is 3.59. The van der Waals surface area contributed by atoms with E-state index in [-0.39, 0.29) is 0 Å². The number of aliphatic hydroxyl groups is 1. The van der Waals surface area contributed by atoms with Crippen LogP contribution in [0.3, 0.4) is 0 Å². The summed E-state index contributed by atoms with van der Waals surface area (Å²) >= 11 is 0. The summed E-state index contributed by atoms with van der Waals surface area (Å²) in [6.45, 7) is 2.74. The molecule has 2 rings (SSSR count). The molecule has 0 bridgehead atoms. The maximum Gasteiger partial charge on any atom is 0.301 e. The van der Waals surface area contributed by atoms with E-state index in [9.17, 15) is 13.5 Å². The van der Waals surface area contributed by atoms with E-state index in [0.717, 1.165) is 19.3 Å². The molecule has 0 aromatic heterocycles. The van der Waals surface area contributed by atoms with Crippen LogP contribution in [0.4, 0.5) is 5.69 Å². The number of nitrogens with zero attached hydrogens (tertiary/aromatic N) is 1. The summed E-state index contributed by atoms with van der Waals surface area (Å²) in [6.07, 6.45) is 2.18. The highest BCUT2D eigenvalue weighted by Gasteiger charge is 2.24. The van der Waals surface area contributed by atoms with E-state index in [1.54, 1.807) is 31.2 Å². The number of anilines is 1. The highest BCUT2D eigenvalue weighted by molar-refractivity contribution is 7.90. The van der Waals surface area contributed by atoms with Crippen molar-refractivity contribution in [1.29, 1.82) is 0 Å². The largest absolute Gasteiger partial charge is 0.389 e. The first-order valence-electron chi connectivity index (χ1n) is 6.55. The van der Waals surface area contributed by atoms with Gasteiger partial charge >= 0.3 is 10.2 Å². The zero-order valence-electron chi connectivity index (χ0n) is 11.0. The van der Waals surface area contributed by atoms with E-state index < -0.39 is 16.3 Å². The van der Waals surface area contributed by atoms with Gasteiger partial charge in [-0.2, -0.15) is 12.7 Å². The average Bonchev–Trinajstić information content (AvgIpc) is 2.39. The summed E-state index contributed by atoms with van der Waals surface area (Å²) in [5.74, 6) is 0. The predicted molar refractivity (Wildman–Crippen MR) is 75.0 cm³/mol. The highest BCUT2D eigenvalue weighted by atomic mass is 32.2. The summed E-state index contributed by atoms with van der Waals surface area (Å²) in [6, 6.07) is 6.92. The van der Waals surface area contributed by atoms with Crippen LogP contribution in [0.2, 0.25) is 0 Å². The van der Waals surface area contributed by atoms with Crippen LogP contribution in [0.1, 0.15) is 37.9 Å². The molecule has 106 valence electrons. The molecule has 5 nitrogen and oxygen atoms in total. The predicted octanol–water partition coefficient (Wildman–Crippen LogP) is 1.88. The second kappa shape index (κ2) is 5.90. The highest BCUT2D eigenvalue weighted by Crippen LogP contribution is 2.24. The van der Waals surface area contributed by atoms with Gasteiger partial charge in [0.15, 0.2) is 0 Å². The molecule has 1 fully saturated rings. The molecule has 0 spiro atoms. The smallest absolute Gasteiger partial charge is 0.301 e. The van der Waals surface area contributed by atoms with Crippen LogP contribution in [-0.2, 0) is 10.2 Å². The summed E-state index contributed by atoms with van der Waals surface area (Å²) in [7, 11) is -3.52. The van der Waals surface area contributed by atoms with Crippen LogP contribution in [-0.4, -0.2) is 30.9 Å². The third-order valence-electron chi connectivity index (χ3n) is 3.30. The first-order valence-corrected chi connectivity index (χ1v) is 7.99. The molecule has 2 N–H and O–H groups in total. The lowest BCUT2D eigenvalue weighted by molar-refractivity contribution is 0.200. The van der Waals surface area contributed by atoms with Crippen LogP contribution < -0.4 is 4.72 Å². The normalized spacial score (nSPS) is 19.1. The van der Waals surface area contributed by atoms with Gasteiger partial charge in [-0.25, -0.2) is 0 Å². The van der Waals surface area contributed by atoms with Crippen LogP contribution in [0.5, 0.6) is 0 Å². The summed E-state index contributed by atoms with van der Waals surface area (Å²) in [5, 5.41) is 9.66. The lowest BCUT2D eigenvalue weighted by Gasteiger charge is -2.27. The Morgan fingerprint density at radius 1 is 1.21 bits per heavy atom. The van der Waals surface area contributed by atoms with Gasteiger partial charge in [0.25, 0.3) is 0 Å². The van der Waals surface area contributed by atoms with Crippen molar-refractivity contribution in [3.8, 4) is 0 Å². The molecule has 1 aromatic rings. The molecule has 0 radical (unpaired) electrons. The summed E-state index contributed by atoms with van der Waals surface area (Å²) in [4.78, 5) is 0. The van der Waals surface area contributed by atoms with E-state index in [4.69, 9.17) is 0 Å². The number of benzene rings is 1. The Morgan fingerprint density at radius 2 is 1.84 bits per heavy atom. The molecule has 0 saturated carbocycles. The number of hydrogen-bond donors (Lipinski definition) is 2. The second-order valence-electron chi connectivity index (χ2n) is 4.83. The maximum absolute atomic E-state index is 12.3. The van der Waals surface area contributed by atoms with Crippen LogP contribution >= 0.6 is 0 Å². The van der Waals surface area contributed by atoms with Gasteiger partial charge in [0.2, 0.25) is 0 Å². The van der Waals surface area contributed by atoms with E-state index >= 15 is 0 Å². The first kappa shape index (κ1) is 14.3. The van der Waals surface area contributed by atoms with Gasteiger partial charge in [-0.1, -0.05) is 24.6 Å². The van der Waals surface area contributed by atoms with Gasteiger partial charge < -0.3 is 5.11 Å². The Hall–Kier alpha value is -1.11. The van der Waals surface area contributed by atoms with Gasteiger partial charge in [0.1, 0.15) is 0 Å². The van der Waals surface area contributed by atoms with Crippen molar-refractivity contribution in [2.75, 3.05) is 17.8 Å². The molecule has 1 unspecified atom stereocenters. The molecule has 1 atom stereocenters. The minimum Gasteiger partial charge on any atom is -0.389 e. The van der Waals surface area contributed by atoms with Crippen molar-refractivity contribution >= 4 is 15.9 Å². The molecule has 0 aliphatic carbocycles. The first-order chi connectivity index (χ1) is 9.00. The number of para-hydroxylation sites is 1. The SMILES string of the molecule is CC(O)c1ccccc1NS(=O)(=O)N1CCCCC1. The summed E-state index contributed by atoms with van der Waals surface area (Å²) < 4.78 is 28.6. The van der Waals surface area contributed by atoms with Gasteiger partial charge in [0.05, 0.1) is 11.8 Å². The lowest BCUT2D eigenvalue weighted by Crippen LogP contribution is -2.39. The maximum atomic E-state index is 12.3. The lowest BCUT2D eigenvalue weighted by atomic mass is 10.1. The molecular formula is C13H20N2O3S. The number of hydrogen-bond acceptors (Lipinski definition) is 3. The summed E-state index contributed by atoms with van der Waals surface area (Å²) in [5.41, 5.74) is 1.03. The Balaban J connectivity index is 2.20. The molecular weight excluding hydrogens is 264 g/mol. The zero-order valence-corrected chi connectivity index (χ0v) is 11.9. The Morgan fingerprint density at radius 3 is 2.47 bits per heavy atom. The molecule has 1 aromatic carbocycles. The van der Waals surface area contributed by atoms with Crippen molar-refractivity contribution in [2.45, 2.75) is 32.3 Å². The van der Waals surface area contributed by atoms with E-state index in [1.807, 2.05) is 0 Å². The fourth-order valence-electron chi connectivity index (χ4n) is 2.26. The minimum atomic E-state index is -3.52. The number of aliphatic hydroxyl groups excluding tert-OH is 1. The number of rotatable bonds is 4. The fraction of sp³-hybridized carbons (Fsp3) is 0.538. The third kappa shape index (κ3) is 3.46. The van der Waals surface area contributed by atoms with Crippen LogP contribution in [0, 0.1) is 0 Å². The molecule has 19 heavy (non-hydrogen) atoms. The molecule has 1 heterocycles. The van der Waals surface area contributed by atoms with Gasteiger partial charge in [-0.15, -0.1) is 0 Å². The van der Waals surface area contributed by atoms with E-state index in [0.29, 0.717) is 24.3 Å². The Labute approximate surface area is 114 Å². The topological polar surface area (TPSA) is 69.6 Å². The van der Waals surface area contributed by atoms with Crippen molar-refractivity contribution < 1.29 is 13.5 Å². The van der Waals surface area contributed by atoms with Gasteiger partial charge in [-0.3, -0.25) is 4.72 Å². The van der Waals surface area contributed by atoms with Crippen LogP contribution in [0.25, 0.3) is 0 Å². The Bertz CT molecular complexity index is 522. The second-order valence-corrected chi connectivity index (χ2v) is 6.50. The van der Waals surface area contributed by atoms with Crippen molar-refractivity contribution in [3.05, 3.63) is 29.8 Å². The van der Waals surface area contributed by atoms with Crippen molar-refractivity contribution in [1.82, 2.24) is 4.31 Å². The molecule has 1 aliphatic rings. The van der Waals surface area contributed by atoms with Gasteiger partial charge in [0, 0.05) is 18.7 Å².